The van der Waals surface area contributed by atoms with Gasteiger partial charge in [-0.15, -0.1) is 11.8 Å². The predicted molar refractivity (Wildman–Crippen MR) is 119 cm³/mol. The molecule has 1 aliphatic rings. The van der Waals surface area contributed by atoms with Gasteiger partial charge in [0.25, 0.3) is 0 Å². The van der Waals surface area contributed by atoms with Crippen molar-refractivity contribution in [3.63, 3.8) is 0 Å². The highest BCUT2D eigenvalue weighted by Crippen LogP contribution is 2.24. The Balaban J connectivity index is 1.58. The van der Waals surface area contributed by atoms with E-state index in [1.54, 1.807) is 36.3 Å². The smallest absolute Gasteiger partial charge is 0.248 e. The van der Waals surface area contributed by atoms with Gasteiger partial charge < -0.3 is 15.0 Å². The number of ketones is 1. The van der Waals surface area contributed by atoms with Crippen LogP contribution in [0.5, 0.6) is 5.75 Å². The minimum absolute atomic E-state index is 0.0457. The molecule has 1 heterocycles. The van der Waals surface area contributed by atoms with Gasteiger partial charge in [-0.3, -0.25) is 14.4 Å². The predicted octanol–water partition coefficient (Wildman–Crippen LogP) is 3.82. The number of thioether (sulfide) groups is 1. The van der Waals surface area contributed by atoms with Crippen LogP contribution >= 0.6 is 11.8 Å². The summed E-state index contributed by atoms with van der Waals surface area (Å²) < 4.78 is 5.12. The fourth-order valence-electron chi connectivity index (χ4n) is 3.34. The van der Waals surface area contributed by atoms with E-state index in [-0.39, 0.29) is 30.4 Å². The maximum atomic E-state index is 12.7. The number of hydrogen-bond acceptors (Lipinski definition) is 5. The summed E-state index contributed by atoms with van der Waals surface area (Å²) in [5, 5.41) is 2.86. The number of carbonyl (C=O) groups excluding carboxylic acids is 3. The molecule has 7 heteroatoms. The van der Waals surface area contributed by atoms with Gasteiger partial charge in [-0.2, -0.15) is 0 Å². The van der Waals surface area contributed by atoms with Gasteiger partial charge >= 0.3 is 0 Å². The maximum absolute atomic E-state index is 12.7. The Kier molecular flexibility index (Phi) is 7.15. The number of hydrogen-bond donors (Lipinski definition) is 1. The van der Waals surface area contributed by atoms with Crippen molar-refractivity contribution in [1.82, 2.24) is 4.90 Å². The Bertz CT molecular complexity index is 943. The molecule has 0 radical (unpaired) electrons. The average Bonchev–Trinajstić information content (AvgIpc) is 3.24. The number of rotatable bonds is 7. The molecule has 158 valence electrons. The quantitative estimate of drug-likeness (QED) is 0.682. The van der Waals surface area contributed by atoms with E-state index in [9.17, 15) is 14.4 Å². The highest BCUT2D eigenvalue weighted by Gasteiger charge is 2.34. The molecule has 1 N–H and O–H groups in total. The maximum Gasteiger partial charge on any atom is 0.248 e. The number of anilines is 1. The lowest BCUT2D eigenvalue weighted by Crippen LogP contribution is -2.44. The number of nitrogens with zero attached hydrogens (tertiary/aromatic N) is 1. The summed E-state index contributed by atoms with van der Waals surface area (Å²) in [5.41, 5.74) is 3.23. The molecule has 0 bridgehead atoms. The van der Waals surface area contributed by atoms with E-state index < -0.39 is 6.04 Å². The molecule has 2 aromatic carbocycles. The first kappa shape index (κ1) is 21.9. The number of nitrogens with one attached hydrogen (secondary N) is 1. The summed E-state index contributed by atoms with van der Waals surface area (Å²) in [7, 11) is 1.58. The third-order valence-electron chi connectivity index (χ3n) is 5.12. The first-order valence-corrected chi connectivity index (χ1v) is 11.0. The zero-order valence-corrected chi connectivity index (χ0v) is 18.3. The Morgan fingerprint density at radius 2 is 1.83 bits per heavy atom. The van der Waals surface area contributed by atoms with Crippen LogP contribution in [-0.4, -0.2) is 47.3 Å². The number of methoxy groups -OCH3 is 1. The first-order valence-electron chi connectivity index (χ1n) is 9.81. The molecule has 0 saturated carbocycles. The van der Waals surface area contributed by atoms with Gasteiger partial charge in [-0.05, 0) is 49.7 Å². The number of carbonyl (C=O) groups is 3. The minimum Gasteiger partial charge on any atom is -0.497 e. The number of amides is 2. The fraction of sp³-hybridized carbons (Fsp3) is 0.348. The molecule has 1 fully saturated rings. The number of aryl methyl sites for hydroxylation is 2. The van der Waals surface area contributed by atoms with Crippen LogP contribution in [0.4, 0.5) is 5.69 Å². The first-order chi connectivity index (χ1) is 14.4. The Morgan fingerprint density at radius 3 is 2.53 bits per heavy atom. The zero-order chi connectivity index (χ0) is 21.7. The molecule has 2 aromatic rings. The summed E-state index contributed by atoms with van der Waals surface area (Å²) in [6, 6.07) is 12.2. The molecule has 0 spiro atoms. The van der Waals surface area contributed by atoms with Crippen LogP contribution in [0.3, 0.4) is 0 Å². The highest BCUT2D eigenvalue weighted by atomic mass is 32.2. The standard InChI is InChI=1S/C23H26N2O4S/c1-15-4-5-16(2)19(12-15)21(26)10-11-22(27)25-14-30-13-20(25)23(28)24-17-6-8-18(29-3)9-7-17/h4-9,12,20H,10-11,13-14H2,1-3H3,(H,24,28). The topological polar surface area (TPSA) is 75.7 Å². The van der Waals surface area contributed by atoms with E-state index in [0.717, 1.165) is 11.1 Å². The van der Waals surface area contributed by atoms with Gasteiger partial charge in [-0.1, -0.05) is 17.7 Å². The molecule has 1 saturated heterocycles. The van der Waals surface area contributed by atoms with Gasteiger partial charge in [0.15, 0.2) is 5.78 Å². The summed E-state index contributed by atoms with van der Waals surface area (Å²) in [6.07, 6.45) is 0.232. The van der Waals surface area contributed by atoms with E-state index in [0.29, 0.717) is 28.6 Å². The van der Waals surface area contributed by atoms with Crippen molar-refractivity contribution in [3.8, 4) is 5.75 Å². The lowest BCUT2D eigenvalue weighted by Gasteiger charge is -2.23. The molecule has 0 aliphatic carbocycles. The van der Waals surface area contributed by atoms with Gasteiger partial charge in [0.05, 0.1) is 13.0 Å². The van der Waals surface area contributed by atoms with Crippen LogP contribution in [-0.2, 0) is 9.59 Å². The molecular formula is C23H26N2O4S. The molecule has 6 nitrogen and oxygen atoms in total. The molecule has 2 amide bonds. The molecule has 30 heavy (non-hydrogen) atoms. The Labute approximate surface area is 181 Å². The summed E-state index contributed by atoms with van der Waals surface area (Å²) in [5.74, 6) is 1.26. The van der Waals surface area contributed by atoms with Gasteiger partial charge in [0.2, 0.25) is 11.8 Å². The van der Waals surface area contributed by atoms with Crippen molar-refractivity contribution in [2.45, 2.75) is 32.7 Å². The van der Waals surface area contributed by atoms with Crippen molar-refractivity contribution >= 4 is 35.0 Å². The lowest BCUT2D eigenvalue weighted by atomic mass is 9.99. The van der Waals surface area contributed by atoms with E-state index in [4.69, 9.17) is 4.74 Å². The van der Waals surface area contributed by atoms with Crippen LogP contribution in [0, 0.1) is 13.8 Å². The molecule has 1 unspecified atom stereocenters. The average molecular weight is 427 g/mol. The van der Waals surface area contributed by atoms with Crippen LogP contribution in [0.15, 0.2) is 42.5 Å². The van der Waals surface area contributed by atoms with Crippen molar-refractivity contribution in [3.05, 3.63) is 59.2 Å². The summed E-state index contributed by atoms with van der Waals surface area (Å²) in [4.78, 5) is 39.6. The van der Waals surface area contributed by atoms with E-state index >= 15 is 0 Å². The molecular weight excluding hydrogens is 400 g/mol. The van der Waals surface area contributed by atoms with Gasteiger partial charge in [0, 0.05) is 29.8 Å². The second kappa shape index (κ2) is 9.80. The van der Waals surface area contributed by atoms with Crippen LogP contribution in [0.2, 0.25) is 0 Å². The van der Waals surface area contributed by atoms with E-state index in [1.165, 1.54) is 11.8 Å². The third kappa shape index (κ3) is 5.21. The van der Waals surface area contributed by atoms with E-state index in [1.807, 2.05) is 32.0 Å². The normalized spacial score (nSPS) is 15.7. The van der Waals surface area contributed by atoms with Gasteiger partial charge in [-0.25, -0.2) is 0 Å². The largest absolute Gasteiger partial charge is 0.497 e. The molecule has 1 atom stereocenters. The second-order valence-corrected chi connectivity index (χ2v) is 8.34. The number of benzene rings is 2. The summed E-state index contributed by atoms with van der Waals surface area (Å²) >= 11 is 1.54. The SMILES string of the molecule is COc1ccc(NC(=O)C2CSCN2C(=O)CCC(=O)c2cc(C)ccc2C)cc1. The van der Waals surface area contributed by atoms with Crippen molar-refractivity contribution < 1.29 is 19.1 Å². The van der Waals surface area contributed by atoms with Crippen LogP contribution in [0.1, 0.15) is 34.3 Å². The van der Waals surface area contributed by atoms with E-state index in [2.05, 4.69) is 5.32 Å². The Hall–Kier alpha value is -2.80. The number of Topliss-reactive ketones (excluding diaryl/α,β-unsaturated/α-hetero) is 1. The number of ether oxygens (including phenoxy) is 1. The monoisotopic (exact) mass is 426 g/mol. The molecule has 3 rings (SSSR count). The van der Waals surface area contributed by atoms with Crippen molar-refractivity contribution in [2.24, 2.45) is 0 Å². The van der Waals surface area contributed by atoms with Crippen molar-refractivity contribution in [2.75, 3.05) is 24.1 Å². The zero-order valence-electron chi connectivity index (χ0n) is 17.4. The summed E-state index contributed by atoms with van der Waals surface area (Å²) in [6.45, 7) is 3.83. The molecule has 1 aliphatic heterocycles. The fourth-order valence-corrected chi connectivity index (χ4v) is 4.52. The lowest BCUT2D eigenvalue weighted by molar-refractivity contribution is -0.136. The molecule has 0 aromatic heterocycles. The Morgan fingerprint density at radius 1 is 1.10 bits per heavy atom. The van der Waals surface area contributed by atoms with Crippen LogP contribution in [0.25, 0.3) is 0 Å². The second-order valence-electron chi connectivity index (χ2n) is 7.34. The van der Waals surface area contributed by atoms with Crippen molar-refractivity contribution in [1.29, 1.82) is 0 Å². The highest BCUT2D eigenvalue weighted by molar-refractivity contribution is 7.99. The van der Waals surface area contributed by atoms with Crippen LogP contribution < -0.4 is 10.1 Å². The minimum atomic E-state index is -0.541. The van der Waals surface area contributed by atoms with Gasteiger partial charge in [0.1, 0.15) is 11.8 Å². The third-order valence-corrected chi connectivity index (χ3v) is 6.13.